The van der Waals surface area contributed by atoms with Crippen LogP contribution in [0.3, 0.4) is 0 Å². The minimum absolute atomic E-state index is 0.0218. The van der Waals surface area contributed by atoms with E-state index in [-0.39, 0.29) is 17.9 Å². The van der Waals surface area contributed by atoms with E-state index in [0.29, 0.717) is 18.4 Å². The predicted octanol–water partition coefficient (Wildman–Crippen LogP) is 2.43. The maximum Gasteiger partial charge on any atom is 0.251 e. The Kier molecular flexibility index (Phi) is 5.57. The third-order valence-corrected chi connectivity index (χ3v) is 6.67. The van der Waals surface area contributed by atoms with Crippen molar-refractivity contribution < 1.29 is 14.6 Å². The number of aryl methyl sites for hydroxylation is 1. The van der Waals surface area contributed by atoms with Crippen LogP contribution in [0.1, 0.15) is 42.7 Å². The molecule has 2 fully saturated rings. The summed E-state index contributed by atoms with van der Waals surface area (Å²) in [6.45, 7) is 5.47. The standard InChI is InChI=1S/C18H28N2O3S/c1-11-12(2)24-18(20(11)4-5-23-3)19-17(22)15-7-13-6-14(8-15)10-16(21)9-13/h13-16,21H,4-10H2,1-3H3/b19-18-/t13-,14+,15+,16-. The molecule has 1 aromatic heterocycles. The van der Waals surface area contributed by atoms with Gasteiger partial charge in [-0.3, -0.25) is 4.79 Å². The molecule has 2 aliphatic rings. The van der Waals surface area contributed by atoms with E-state index >= 15 is 0 Å². The van der Waals surface area contributed by atoms with Crippen LogP contribution < -0.4 is 4.80 Å². The summed E-state index contributed by atoms with van der Waals surface area (Å²) in [5.41, 5.74) is 1.16. The second-order valence-electron chi connectivity index (χ2n) is 7.38. The third-order valence-electron chi connectivity index (χ3n) is 5.58. The number of nitrogens with zero attached hydrogens (tertiary/aromatic N) is 2. The van der Waals surface area contributed by atoms with Gasteiger partial charge in [-0.2, -0.15) is 4.99 Å². The van der Waals surface area contributed by atoms with Crippen molar-refractivity contribution in [3.05, 3.63) is 15.4 Å². The lowest BCUT2D eigenvalue weighted by Crippen LogP contribution is -2.36. The number of hydrogen-bond donors (Lipinski definition) is 1. The number of ether oxygens (including phenoxy) is 1. The predicted molar refractivity (Wildman–Crippen MR) is 93.8 cm³/mol. The quantitative estimate of drug-likeness (QED) is 0.905. The molecular formula is C18H28N2O3S. The molecule has 4 atom stereocenters. The van der Waals surface area contributed by atoms with Gasteiger partial charge in [0.1, 0.15) is 0 Å². The second-order valence-corrected chi connectivity index (χ2v) is 8.56. The van der Waals surface area contributed by atoms with Gasteiger partial charge in [0, 0.05) is 30.1 Å². The number of carbonyl (C=O) groups is 1. The fraction of sp³-hybridized carbons (Fsp3) is 0.778. The summed E-state index contributed by atoms with van der Waals surface area (Å²) < 4.78 is 7.27. The maximum atomic E-state index is 12.8. The SMILES string of the molecule is COCCn1c(C)c(C)s/c1=N\C(=O)[C@H]1C[C@@H]2C[C@@H](O)C[C@@H](C2)C1. The molecule has 0 saturated heterocycles. The Morgan fingerprint density at radius 2 is 1.92 bits per heavy atom. The molecule has 2 bridgehead atoms. The number of amides is 1. The van der Waals surface area contributed by atoms with E-state index in [1.807, 2.05) is 0 Å². The molecular weight excluding hydrogens is 324 g/mol. The van der Waals surface area contributed by atoms with Gasteiger partial charge in [0.15, 0.2) is 4.80 Å². The Bertz CT molecular complexity index is 646. The van der Waals surface area contributed by atoms with Crippen molar-refractivity contribution >= 4 is 17.2 Å². The van der Waals surface area contributed by atoms with Gasteiger partial charge in [-0.1, -0.05) is 0 Å². The molecule has 3 rings (SSSR count). The fourth-order valence-corrected chi connectivity index (χ4v) is 5.34. The van der Waals surface area contributed by atoms with Crippen molar-refractivity contribution in [2.45, 2.75) is 58.6 Å². The average Bonchev–Trinajstić information content (AvgIpc) is 2.78. The molecule has 1 aromatic rings. The topological polar surface area (TPSA) is 63.8 Å². The number of rotatable bonds is 4. The van der Waals surface area contributed by atoms with Crippen LogP contribution in [0.25, 0.3) is 0 Å². The number of carbonyl (C=O) groups excluding carboxylic acids is 1. The zero-order valence-electron chi connectivity index (χ0n) is 14.8. The van der Waals surface area contributed by atoms with Gasteiger partial charge in [-0.05, 0) is 57.8 Å². The third kappa shape index (κ3) is 3.81. The Hall–Kier alpha value is -0.980. The molecule has 1 amide bonds. The average molecular weight is 353 g/mol. The number of aliphatic hydroxyl groups excluding tert-OH is 1. The van der Waals surface area contributed by atoms with Crippen molar-refractivity contribution in [1.29, 1.82) is 0 Å². The molecule has 5 nitrogen and oxygen atoms in total. The van der Waals surface area contributed by atoms with E-state index in [4.69, 9.17) is 4.74 Å². The van der Waals surface area contributed by atoms with Gasteiger partial charge in [0.05, 0.1) is 12.7 Å². The number of methoxy groups -OCH3 is 1. The molecule has 134 valence electrons. The first-order chi connectivity index (χ1) is 11.5. The highest BCUT2D eigenvalue weighted by molar-refractivity contribution is 7.09. The van der Waals surface area contributed by atoms with Crippen molar-refractivity contribution in [3.8, 4) is 0 Å². The van der Waals surface area contributed by atoms with Crippen LogP contribution in [0.4, 0.5) is 0 Å². The van der Waals surface area contributed by atoms with Crippen molar-refractivity contribution in [1.82, 2.24) is 4.57 Å². The van der Waals surface area contributed by atoms with Crippen LogP contribution in [0.15, 0.2) is 4.99 Å². The molecule has 0 unspecified atom stereocenters. The zero-order chi connectivity index (χ0) is 17.3. The Morgan fingerprint density at radius 1 is 1.25 bits per heavy atom. The first-order valence-electron chi connectivity index (χ1n) is 8.90. The highest BCUT2D eigenvalue weighted by Crippen LogP contribution is 2.42. The monoisotopic (exact) mass is 352 g/mol. The molecule has 0 radical (unpaired) electrons. The Morgan fingerprint density at radius 3 is 2.54 bits per heavy atom. The van der Waals surface area contributed by atoms with Crippen molar-refractivity contribution in [2.75, 3.05) is 13.7 Å². The summed E-state index contributed by atoms with van der Waals surface area (Å²) in [6, 6.07) is 0. The Labute approximate surface area is 147 Å². The van der Waals surface area contributed by atoms with E-state index in [2.05, 4.69) is 23.4 Å². The summed E-state index contributed by atoms with van der Waals surface area (Å²) in [5, 5.41) is 9.91. The van der Waals surface area contributed by atoms with Crippen molar-refractivity contribution in [2.24, 2.45) is 22.7 Å². The molecule has 0 aliphatic heterocycles. The molecule has 6 heteroatoms. The first kappa shape index (κ1) is 17.8. The lowest BCUT2D eigenvalue weighted by molar-refractivity contribution is -0.125. The molecule has 1 heterocycles. The largest absolute Gasteiger partial charge is 0.393 e. The fourth-order valence-electron chi connectivity index (χ4n) is 4.33. The number of aromatic nitrogens is 1. The number of aliphatic hydroxyl groups is 1. The zero-order valence-corrected chi connectivity index (χ0v) is 15.6. The summed E-state index contributed by atoms with van der Waals surface area (Å²) in [6.07, 6.45) is 4.48. The highest BCUT2D eigenvalue weighted by Gasteiger charge is 2.38. The van der Waals surface area contributed by atoms with Crippen molar-refractivity contribution in [3.63, 3.8) is 0 Å². The van der Waals surface area contributed by atoms with E-state index in [9.17, 15) is 9.90 Å². The molecule has 24 heavy (non-hydrogen) atoms. The summed E-state index contributed by atoms with van der Waals surface area (Å²) in [4.78, 5) is 19.2. The van der Waals surface area contributed by atoms with Gasteiger partial charge in [-0.15, -0.1) is 11.3 Å². The molecule has 2 saturated carbocycles. The van der Waals surface area contributed by atoms with Crippen LogP contribution >= 0.6 is 11.3 Å². The van der Waals surface area contributed by atoms with Gasteiger partial charge < -0.3 is 14.4 Å². The van der Waals surface area contributed by atoms with Gasteiger partial charge in [0.2, 0.25) is 0 Å². The summed E-state index contributed by atoms with van der Waals surface area (Å²) in [7, 11) is 1.69. The normalized spacial score (nSPS) is 30.6. The first-order valence-corrected chi connectivity index (χ1v) is 9.72. The van der Waals surface area contributed by atoms with E-state index < -0.39 is 0 Å². The van der Waals surface area contributed by atoms with Crippen LogP contribution in [-0.4, -0.2) is 35.4 Å². The van der Waals surface area contributed by atoms with Gasteiger partial charge in [0.25, 0.3) is 5.91 Å². The minimum Gasteiger partial charge on any atom is -0.393 e. The lowest BCUT2D eigenvalue weighted by Gasteiger charge is -2.39. The molecule has 2 aliphatic carbocycles. The maximum absolute atomic E-state index is 12.8. The lowest BCUT2D eigenvalue weighted by atomic mass is 9.67. The van der Waals surface area contributed by atoms with E-state index in [1.165, 1.54) is 11.3 Å². The van der Waals surface area contributed by atoms with E-state index in [0.717, 1.165) is 42.7 Å². The minimum atomic E-state index is -0.166. The highest BCUT2D eigenvalue weighted by atomic mass is 32.1. The van der Waals surface area contributed by atoms with Crippen LogP contribution in [0, 0.1) is 31.6 Å². The van der Waals surface area contributed by atoms with Crippen LogP contribution in [0.5, 0.6) is 0 Å². The Balaban J connectivity index is 1.79. The summed E-state index contributed by atoms with van der Waals surface area (Å²) >= 11 is 1.59. The van der Waals surface area contributed by atoms with E-state index in [1.54, 1.807) is 18.4 Å². The smallest absolute Gasteiger partial charge is 0.251 e. The second kappa shape index (κ2) is 7.50. The van der Waals surface area contributed by atoms with Gasteiger partial charge in [-0.25, -0.2) is 0 Å². The van der Waals surface area contributed by atoms with Crippen LogP contribution in [0.2, 0.25) is 0 Å². The van der Waals surface area contributed by atoms with Gasteiger partial charge >= 0.3 is 0 Å². The van der Waals surface area contributed by atoms with Crippen LogP contribution in [-0.2, 0) is 16.1 Å². The molecule has 0 spiro atoms. The number of hydrogen-bond acceptors (Lipinski definition) is 4. The molecule has 0 aromatic carbocycles. The molecule has 1 N–H and O–H groups in total. The summed E-state index contributed by atoms with van der Waals surface area (Å²) in [5.74, 6) is 1.03. The number of fused-ring (bicyclic) bond motifs is 2. The number of thiazole rings is 1.